The number of nitrogens with one attached hydrogen (secondary N) is 1. The van der Waals surface area contributed by atoms with Crippen molar-refractivity contribution < 1.29 is 14.6 Å². The van der Waals surface area contributed by atoms with Gasteiger partial charge in [-0.1, -0.05) is 30.3 Å². The minimum Gasteiger partial charge on any atom is -0.508 e. The summed E-state index contributed by atoms with van der Waals surface area (Å²) >= 11 is 0. The maximum Gasteiger partial charge on any atom is 0.220 e. The normalized spacial score (nSPS) is 16.5. The molecule has 1 saturated heterocycles. The van der Waals surface area contributed by atoms with Crippen molar-refractivity contribution in [3.8, 4) is 11.5 Å². The molecule has 0 bridgehead atoms. The number of anilines is 1. The predicted octanol–water partition coefficient (Wildman–Crippen LogP) is 2.98. The van der Waals surface area contributed by atoms with E-state index in [1.54, 1.807) is 19.2 Å². The van der Waals surface area contributed by atoms with Gasteiger partial charge in [0.25, 0.3) is 0 Å². The van der Waals surface area contributed by atoms with Gasteiger partial charge in [0, 0.05) is 26.1 Å². The van der Waals surface area contributed by atoms with E-state index in [9.17, 15) is 9.90 Å². The Kier molecular flexibility index (Phi) is 6.00. The van der Waals surface area contributed by atoms with Gasteiger partial charge < -0.3 is 20.1 Å². The molecule has 2 aromatic rings. The molecule has 0 unspecified atom stereocenters. The number of phenolic OH excluding ortho intramolecular Hbond substituents is 1. The van der Waals surface area contributed by atoms with E-state index in [1.807, 2.05) is 30.3 Å². The summed E-state index contributed by atoms with van der Waals surface area (Å²) in [5.74, 6) is 1.61. The SMILES string of the molecule is COc1ccccc1N1CC[C@H](CNC(=O)CCc2ccccc2O)C1. The first-order chi connectivity index (χ1) is 12.7. The molecular formula is C21H26N2O3. The molecule has 26 heavy (non-hydrogen) atoms. The lowest BCUT2D eigenvalue weighted by molar-refractivity contribution is -0.121. The number of carbonyl (C=O) groups excluding carboxylic acids is 1. The molecule has 0 saturated carbocycles. The van der Waals surface area contributed by atoms with Crippen molar-refractivity contribution in [1.29, 1.82) is 0 Å². The van der Waals surface area contributed by atoms with Crippen LogP contribution in [0.2, 0.25) is 0 Å². The van der Waals surface area contributed by atoms with Crippen molar-refractivity contribution in [2.24, 2.45) is 5.92 Å². The van der Waals surface area contributed by atoms with Crippen LogP contribution in [0.4, 0.5) is 5.69 Å². The van der Waals surface area contributed by atoms with Crippen LogP contribution in [0.3, 0.4) is 0 Å². The van der Waals surface area contributed by atoms with Crippen LogP contribution in [0.1, 0.15) is 18.4 Å². The van der Waals surface area contributed by atoms with Crippen LogP contribution in [0.5, 0.6) is 11.5 Å². The Balaban J connectivity index is 1.44. The van der Waals surface area contributed by atoms with Crippen LogP contribution in [0.25, 0.3) is 0 Å². The number of phenols is 1. The second-order valence-corrected chi connectivity index (χ2v) is 6.71. The fraction of sp³-hybridized carbons (Fsp3) is 0.381. The molecule has 5 heteroatoms. The number of aromatic hydroxyl groups is 1. The molecule has 5 nitrogen and oxygen atoms in total. The van der Waals surface area contributed by atoms with E-state index in [4.69, 9.17) is 4.74 Å². The quantitative estimate of drug-likeness (QED) is 0.802. The van der Waals surface area contributed by atoms with Crippen LogP contribution in [-0.2, 0) is 11.2 Å². The summed E-state index contributed by atoms with van der Waals surface area (Å²) in [5, 5.41) is 12.8. The van der Waals surface area contributed by atoms with E-state index >= 15 is 0 Å². The summed E-state index contributed by atoms with van der Waals surface area (Å²) in [5.41, 5.74) is 1.93. The minimum absolute atomic E-state index is 0.0315. The highest BCUT2D eigenvalue weighted by Gasteiger charge is 2.24. The van der Waals surface area contributed by atoms with Crippen molar-refractivity contribution in [3.05, 3.63) is 54.1 Å². The zero-order valence-electron chi connectivity index (χ0n) is 15.1. The third-order valence-electron chi connectivity index (χ3n) is 4.91. The van der Waals surface area contributed by atoms with Gasteiger partial charge in [0.1, 0.15) is 11.5 Å². The van der Waals surface area contributed by atoms with E-state index in [0.29, 0.717) is 25.3 Å². The van der Waals surface area contributed by atoms with Gasteiger partial charge in [0.15, 0.2) is 0 Å². The summed E-state index contributed by atoms with van der Waals surface area (Å²) in [6.07, 6.45) is 1.99. The molecule has 1 amide bonds. The fourth-order valence-corrected chi connectivity index (χ4v) is 3.43. The zero-order chi connectivity index (χ0) is 18.4. The zero-order valence-corrected chi connectivity index (χ0v) is 15.1. The van der Waals surface area contributed by atoms with Gasteiger partial charge in [0.2, 0.25) is 5.91 Å². The molecule has 0 aromatic heterocycles. The van der Waals surface area contributed by atoms with Gasteiger partial charge >= 0.3 is 0 Å². The number of benzene rings is 2. The Bertz CT molecular complexity index is 748. The van der Waals surface area contributed by atoms with E-state index < -0.39 is 0 Å². The lowest BCUT2D eigenvalue weighted by Crippen LogP contribution is -2.31. The number of aryl methyl sites for hydroxylation is 1. The average Bonchev–Trinajstić information content (AvgIpc) is 3.14. The minimum atomic E-state index is 0.0315. The van der Waals surface area contributed by atoms with Crippen molar-refractivity contribution in [2.75, 3.05) is 31.6 Å². The predicted molar refractivity (Wildman–Crippen MR) is 103 cm³/mol. The molecule has 0 spiro atoms. The van der Waals surface area contributed by atoms with Crippen molar-refractivity contribution in [1.82, 2.24) is 5.32 Å². The number of nitrogens with zero attached hydrogens (tertiary/aromatic N) is 1. The van der Waals surface area contributed by atoms with Gasteiger partial charge in [-0.15, -0.1) is 0 Å². The number of para-hydroxylation sites is 3. The second-order valence-electron chi connectivity index (χ2n) is 6.71. The Hall–Kier alpha value is -2.69. The van der Waals surface area contributed by atoms with E-state index in [0.717, 1.165) is 36.5 Å². The summed E-state index contributed by atoms with van der Waals surface area (Å²) in [4.78, 5) is 14.4. The van der Waals surface area contributed by atoms with Gasteiger partial charge in [-0.2, -0.15) is 0 Å². The second kappa shape index (κ2) is 8.61. The highest BCUT2D eigenvalue weighted by Crippen LogP contribution is 2.31. The molecule has 0 radical (unpaired) electrons. The number of carbonyl (C=O) groups is 1. The van der Waals surface area contributed by atoms with E-state index in [1.165, 1.54) is 0 Å². The number of hydrogen-bond donors (Lipinski definition) is 2. The average molecular weight is 354 g/mol. The largest absolute Gasteiger partial charge is 0.508 e. The Morgan fingerprint density at radius 1 is 1.23 bits per heavy atom. The van der Waals surface area contributed by atoms with Crippen LogP contribution in [-0.4, -0.2) is 37.8 Å². The number of rotatable bonds is 7. The first kappa shape index (κ1) is 18.1. The number of methoxy groups -OCH3 is 1. The van der Waals surface area contributed by atoms with Crippen molar-refractivity contribution in [3.63, 3.8) is 0 Å². The van der Waals surface area contributed by atoms with Crippen LogP contribution < -0.4 is 15.0 Å². The molecule has 3 rings (SSSR count). The molecule has 1 aliphatic rings. The van der Waals surface area contributed by atoms with Crippen LogP contribution in [0.15, 0.2) is 48.5 Å². The lowest BCUT2D eigenvalue weighted by atomic mass is 10.1. The third kappa shape index (κ3) is 4.48. The van der Waals surface area contributed by atoms with Gasteiger partial charge in [-0.3, -0.25) is 4.79 Å². The standard InChI is InChI=1S/C21H26N2O3/c1-26-20-9-5-3-7-18(20)23-13-12-16(15-23)14-22-21(25)11-10-17-6-2-4-8-19(17)24/h2-9,16,24H,10-15H2,1H3,(H,22,25)/t16-/m1/s1. The first-order valence-corrected chi connectivity index (χ1v) is 9.09. The van der Waals surface area contributed by atoms with Crippen molar-refractivity contribution >= 4 is 11.6 Å². The van der Waals surface area contributed by atoms with E-state index in [-0.39, 0.29) is 11.7 Å². The molecular weight excluding hydrogens is 328 g/mol. The summed E-state index contributed by atoms with van der Waals surface area (Å²) in [6, 6.07) is 15.2. The highest BCUT2D eigenvalue weighted by atomic mass is 16.5. The number of amides is 1. The third-order valence-corrected chi connectivity index (χ3v) is 4.91. The topological polar surface area (TPSA) is 61.8 Å². The molecule has 138 valence electrons. The fourth-order valence-electron chi connectivity index (χ4n) is 3.43. The Labute approximate surface area is 154 Å². The monoisotopic (exact) mass is 354 g/mol. The lowest BCUT2D eigenvalue weighted by Gasteiger charge is -2.21. The molecule has 2 N–H and O–H groups in total. The Morgan fingerprint density at radius 2 is 2.00 bits per heavy atom. The summed E-state index contributed by atoms with van der Waals surface area (Å²) < 4.78 is 5.44. The van der Waals surface area contributed by atoms with Gasteiger partial charge in [0.05, 0.1) is 12.8 Å². The first-order valence-electron chi connectivity index (χ1n) is 9.09. The van der Waals surface area contributed by atoms with Crippen LogP contribution in [0, 0.1) is 5.92 Å². The maximum atomic E-state index is 12.1. The van der Waals surface area contributed by atoms with Crippen LogP contribution >= 0.6 is 0 Å². The molecule has 1 atom stereocenters. The summed E-state index contributed by atoms with van der Waals surface area (Å²) in [7, 11) is 1.69. The smallest absolute Gasteiger partial charge is 0.220 e. The highest BCUT2D eigenvalue weighted by molar-refractivity contribution is 5.76. The number of hydrogen-bond acceptors (Lipinski definition) is 4. The maximum absolute atomic E-state index is 12.1. The number of ether oxygens (including phenoxy) is 1. The molecule has 2 aromatic carbocycles. The molecule has 1 aliphatic heterocycles. The van der Waals surface area contributed by atoms with E-state index in [2.05, 4.69) is 16.3 Å². The van der Waals surface area contributed by atoms with Gasteiger partial charge in [-0.05, 0) is 42.5 Å². The molecule has 0 aliphatic carbocycles. The molecule has 1 heterocycles. The van der Waals surface area contributed by atoms with Crippen molar-refractivity contribution in [2.45, 2.75) is 19.3 Å². The van der Waals surface area contributed by atoms with Gasteiger partial charge in [-0.25, -0.2) is 0 Å². The Morgan fingerprint density at radius 3 is 2.81 bits per heavy atom. The molecule has 1 fully saturated rings. The summed E-state index contributed by atoms with van der Waals surface area (Å²) in [6.45, 7) is 2.57.